The van der Waals surface area contributed by atoms with E-state index in [2.05, 4.69) is 128 Å². The summed E-state index contributed by atoms with van der Waals surface area (Å²) in [4.78, 5) is 2.56. The first-order valence-electron chi connectivity index (χ1n) is 13.1. The van der Waals surface area contributed by atoms with E-state index in [1.807, 2.05) is 11.8 Å². The highest BCUT2D eigenvalue weighted by atomic mass is 32.2. The van der Waals surface area contributed by atoms with E-state index < -0.39 is 7.12 Å². The molecule has 2 aliphatic rings. The van der Waals surface area contributed by atoms with Gasteiger partial charge >= 0.3 is 7.12 Å². The standard InChI is InChI=1S/C32H27BN2O2S/c1-31(2)32(3,4)37-33(36-31)20-17-18-24-23(19-20)28-22-13-10-16-27-29(22)35(25-14-8-9-15-26(25)38-27)30(28)34(24)21-11-6-5-7-12-21/h5-19H,1-4H3. The zero-order valence-corrected chi connectivity index (χ0v) is 22.7. The van der Waals surface area contributed by atoms with E-state index in [0.717, 1.165) is 11.2 Å². The Morgan fingerprint density at radius 3 is 2.18 bits per heavy atom. The molecule has 0 saturated carbocycles. The second-order valence-electron chi connectivity index (χ2n) is 11.3. The summed E-state index contributed by atoms with van der Waals surface area (Å²) in [5.74, 6) is 0. The summed E-state index contributed by atoms with van der Waals surface area (Å²) in [5, 5.41) is 3.74. The molecule has 0 atom stereocenters. The molecule has 186 valence electrons. The van der Waals surface area contributed by atoms with Gasteiger partial charge in [-0.3, -0.25) is 9.13 Å². The normalized spacial score (nSPS) is 17.5. The van der Waals surface area contributed by atoms with Gasteiger partial charge in [-0.25, -0.2) is 0 Å². The van der Waals surface area contributed by atoms with Gasteiger partial charge in [0.2, 0.25) is 0 Å². The van der Waals surface area contributed by atoms with Crippen molar-refractivity contribution >= 4 is 57.2 Å². The van der Waals surface area contributed by atoms with Crippen molar-refractivity contribution in [3.63, 3.8) is 0 Å². The molecular formula is C32H27BN2O2S. The molecule has 4 heterocycles. The fourth-order valence-corrected chi connectivity index (χ4v) is 7.05. The molecule has 0 N–H and O–H groups in total. The Kier molecular flexibility index (Phi) is 4.49. The predicted octanol–water partition coefficient (Wildman–Crippen LogP) is 7.49. The van der Waals surface area contributed by atoms with Crippen LogP contribution in [0.5, 0.6) is 0 Å². The quantitative estimate of drug-likeness (QED) is 0.224. The summed E-state index contributed by atoms with van der Waals surface area (Å²) in [5.41, 5.74) is 6.28. The Labute approximate surface area is 226 Å². The van der Waals surface area contributed by atoms with Gasteiger partial charge in [0.25, 0.3) is 0 Å². The molecule has 6 heteroatoms. The molecule has 0 radical (unpaired) electrons. The van der Waals surface area contributed by atoms with Crippen molar-refractivity contribution in [3.8, 4) is 11.4 Å². The van der Waals surface area contributed by atoms with Crippen LogP contribution in [0.4, 0.5) is 0 Å². The van der Waals surface area contributed by atoms with E-state index in [0.29, 0.717) is 0 Å². The van der Waals surface area contributed by atoms with Gasteiger partial charge in [0.15, 0.2) is 0 Å². The van der Waals surface area contributed by atoms with E-state index >= 15 is 0 Å². The lowest BCUT2D eigenvalue weighted by molar-refractivity contribution is 0.00578. The molecule has 6 aromatic rings. The molecule has 1 fully saturated rings. The lowest BCUT2D eigenvalue weighted by atomic mass is 9.78. The number of fused-ring (bicyclic) bond motifs is 7. The second-order valence-corrected chi connectivity index (χ2v) is 12.4. The molecule has 4 nitrogen and oxygen atoms in total. The number of hydrogen-bond donors (Lipinski definition) is 0. The Morgan fingerprint density at radius 2 is 1.39 bits per heavy atom. The first kappa shape index (κ1) is 22.5. The maximum Gasteiger partial charge on any atom is 0.494 e. The molecule has 2 aromatic heterocycles. The molecule has 8 rings (SSSR count). The minimum absolute atomic E-state index is 0.386. The van der Waals surface area contributed by atoms with Crippen LogP contribution >= 0.6 is 11.8 Å². The molecule has 0 aliphatic carbocycles. The maximum absolute atomic E-state index is 6.45. The lowest BCUT2D eigenvalue weighted by Crippen LogP contribution is -2.41. The molecular weight excluding hydrogens is 487 g/mol. The number of aromatic nitrogens is 2. The number of nitrogens with zero attached hydrogens (tertiary/aromatic N) is 2. The summed E-state index contributed by atoms with van der Waals surface area (Å²) >= 11 is 1.85. The highest BCUT2D eigenvalue weighted by Gasteiger charge is 2.51. The fraction of sp³-hybridized carbons (Fsp3) is 0.188. The molecule has 0 spiro atoms. The number of para-hydroxylation sites is 3. The smallest absolute Gasteiger partial charge is 0.399 e. The summed E-state index contributed by atoms with van der Waals surface area (Å²) in [6, 6.07) is 32.8. The third kappa shape index (κ3) is 2.91. The van der Waals surface area contributed by atoms with Gasteiger partial charge < -0.3 is 9.31 Å². The van der Waals surface area contributed by atoms with Crippen molar-refractivity contribution in [1.82, 2.24) is 9.13 Å². The second kappa shape index (κ2) is 7.57. The first-order valence-corrected chi connectivity index (χ1v) is 14.0. The topological polar surface area (TPSA) is 28.3 Å². The third-order valence-electron chi connectivity index (χ3n) is 8.54. The van der Waals surface area contributed by atoms with Crippen LogP contribution in [0.2, 0.25) is 0 Å². The lowest BCUT2D eigenvalue weighted by Gasteiger charge is -2.32. The van der Waals surface area contributed by atoms with Crippen molar-refractivity contribution in [2.24, 2.45) is 0 Å². The fourth-order valence-electron chi connectivity index (χ4n) is 5.96. The highest BCUT2D eigenvalue weighted by molar-refractivity contribution is 7.99. The average molecular weight is 514 g/mol. The van der Waals surface area contributed by atoms with Gasteiger partial charge in [0, 0.05) is 31.6 Å². The van der Waals surface area contributed by atoms with Crippen molar-refractivity contribution in [2.75, 3.05) is 0 Å². The van der Waals surface area contributed by atoms with Crippen LogP contribution in [-0.2, 0) is 9.31 Å². The minimum Gasteiger partial charge on any atom is -0.399 e. The Balaban J connectivity index is 1.51. The maximum atomic E-state index is 6.45. The van der Waals surface area contributed by atoms with Crippen LogP contribution in [-0.4, -0.2) is 27.5 Å². The van der Waals surface area contributed by atoms with Crippen LogP contribution in [0, 0.1) is 0 Å². The van der Waals surface area contributed by atoms with Crippen LogP contribution in [0.25, 0.3) is 44.2 Å². The van der Waals surface area contributed by atoms with E-state index in [1.165, 1.54) is 48.3 Å². The number of hydrogen-bond acceptors (Lipinski definition) is 3. The molecule has 38 heavy (non-hydrogen) atoms. The number of benzene rings is 4. The van der Waals surface area contributed by atoms with E-state index in [-0.39, 0.29) is 11.2 Å². The SMILES string of the molecule is CC1(C)OB(c2ccc3c(c2)c2c4cccc5c4n(c2n3-c2ccccc2)-c2ccccc2S5)OC1(C)C. The van der Waals surface area contributed by atoms with Crippen LogP contribution < -0.4 is 5.46 Å². The van der Waals surface area contributed by atoms with Gasteiger partial charge in [-0.05, 0) is 69.6 Å². The highest BCUT2D eigenvalue weighted by Crippen LogP contribution is 2.49. The van der Waals surface area contributed by atoms with E-state index in [9.17, 15) is 0 Å². The molecule has 2 aliphatic heterocycles. The molecule has 0 unspecified atom stereocenters. The zero-order chi connectivity index (χ0) is 25.8. The average Bonchev–Trinajstić information content (AvgIpc) is 3.50. The number of rotatable bonds is 2. The summed E-state index contributed by atoms with van der Waals surface area (Å²) in [7, 11) is -0.407. The molecule has 4 aromatic carbocycles. The van der Waals surface area contributed by atoms with Gasteiger partial charge in [-0.15, -0.1) is 0 Å². The first-order chi connectivity index (χ1) is 18.3. The summed E-state index contributed by atoms with van der Waals surface area (Å²) in [6.45, 7) is 8.43. The van der Waals surface area contributed by atoms with E-state index in [4.69, 9.17) is 9.31 Å². The zero-order valence-electron chi connectivity index (χ0n) is 21.9. The van der Waals surface area contributed by atoms with Gasteiger partial charge in [-0.2, -0.15) is 0 Å². The Morgan fingerprint density at radius 1 is 0.684 bits per heavy atom. The predicted molar refractivity (Wildman–Crippen MR) is 157 cm³/mol. The largest absolute Gasteiger partial charge is 0.494 e. The summed E-state index contributed by atoms with van der Waals surface area (Å²) in [6.07, 6.45) is 0. The van der Waals surface area contributed by atoms with Crippen molar-refractivity contribution in [1.29, 1.82) is 0 Å². The van der Waals surface area contributed by atoms with Crippen LogP contribution in [0.3, 0.4) is 0 Å². The Bertz CT molecular complexity index is 1900. The third-order valence-corrected chi connectivity index (χ3v) is 9.65. The molecule has 0 amide bonds. The van der Waals surface area contributed by atoms with Crippen LogP contribution in [0.15, 0.2) is 101 Å². The van der Waals surface area contributed by atoms with E-state index in [1.54, 1.807) is 0 Å². The van der Waals surface area contributed by atoms with Crippen molar-refractivity contribution in [3.05, 3.63) is 91.0 Å². The summed E-state index contributed by atoms with van der Waals surface area (Å²) < 4.78 is 17.8. The molecule has 1 saturated heterocycles. The van der Waals surface area contributed by atoms with Crippen molar-refractivity contribution in [2.45, 2.75) is 48.7 Å². The molecule has 0 bridgehead atoms. The monoisotopic (exact) mass is 514 g/mol. The van der Waals surface area contributed by atoms with Gasteiger partial charge in [-0.1, -0.05) is 66.4 Å². The van der Waals surface area contributed by atoms with Gasteiger partial charge in [0.1, 0.15) is 5.65 Å². The van der Waals surface area contributed by atoms with Crippen LogP contribution in [0.1, 0.15) is 27.7 Å². The van der Waals surface area contributed by atoms with Gasteiger partial charge in [0.05, 0.1) is 27.9 Å². The van der Waals surface area contributed by atoms with Crippen molar-refractivity contribution < 1.29 is 9.31 Å². The minimum atomic E-state index is -0.407. The Hall–Kier alpha value is -3.45.